The Balaban J connectivity index is 1.94. The summed E-state index contributed by atoms with van der Waals surface area (Å²) in [5.41, 5.74) is 1.14. The maximum Gasteiger partial charge on any atom is 0.411 e. The first-order chi connectivity index (χ1) is 16.0. The summed E-state index contributed by atoms with van der Waals surface area (Å²) in [7, 11) is 0. The summed E-state index contributed by atoms with van der Waals surface area (Å²) in [5, 5.41) is 9.55. The first-order valence-corrected chi connectivity index (χ1v) is 12.7. The van der Waals surface area contributed by atoms with Gasteiger partial charge in [0.05, 0.1) is 11.4 Å². The number of thioether (sulfide) groups is 1. The lowest BCUT2D eigenvalue weighted by Crippen LogP contribution is -2.49. The van der Waals surface area contributed by atoms with Crippen molar-refractivity contribution in [3.8, 4) is 5.75 Å². The van der Waals surface area contributed by atoms with Crippen LogP contribution in [0.25, 0.3) is 0 Å². The number of rotatable bonds is 8. The molecule has 2 aromatic rings. The van der Waals surface area contributed by atoms with Crippen molar-refractivity contribution in [3.05, 3.63) is 75.1 Å². The summed E-state index contributed by atoms with van der Waals surface area (Å²) in [5.74, 6) is -0.333. The van der Waals surface area contributed by atoms with Gasteiger partial charge in [-0.1, -0.05) is 71.0 Å². The topological polar surface area (TPSA) is 76.1 Å². The van der Waals surface area contributed by atoms with E-state index in [4.69, 9.17) is 9.47 Å². The van der Waals surface area contributed by atoms with Gasteiger partial charge in [0.15, 0.2) is 0 Å². The third-order valence-corrected chi connectivity index (χ3v) is 7.47. The van der Waals surface area contributed by atoms with E-state index in [0.29, 0.717) is 25.2 Å². The molecule has 0 saturated heterocycles. The highest BCUT2D eigenvalue weighted by atomic mass is 79.9. The number of halogens is 1. The van der Waals surface area contributed by atoms with Gasteiger partial charge >= 0.3 is 12.1 Å². The van der Waals surface area contributed by atoms with Gasteiger partial charge in [-0.25, -0.2) is 9.59 Å². The van der Waals surface area contributed by atoms with Crippen LogP contribution in [0.1, 0.15) is 51.7 Å². The molecule has 0 aromatic heterocycles. The fourth-order valence-corrected chi connectivity index (χ4v) is 5.29. The van der Waals surface area contributed by atoms with E-state index in [1.165, 1.54) is 11.8 Å². The molecule has 6 nitrogen and oxygen atoms in total. The lowest BCUT2D eigenvalue weighted by atomic mass is 10.1. The molecular weight excluding hydrogens is 518 g/mol. The molecule has 1 amide bonds. The molecule has 1 aliphatic heterocycles. The molecule has 0 fully saturated rings. The predicted molar refractivity (Wildman–Crippen MR) is 138 cm³/mol. The van der Waals surface area contributed by atoms with Crippen LogP contribution >= 0.6 is 27.7 Å². The van der Waals surface area contributed by atoms with Gasteiger partial charge in [0.1, 0.15) is 22.8 Å². The minimum absolute atomic E-state index is 0.208. The van der Waals surface area contributed by atoms with Gasteiger partial charge in [-0.05, 0) is 51.0 Å². The van der Waals surface area contributed by atoms with Gasteiger partial charge in [-0.3, -0.25) is 4.90 Å². The van der Waals surface area contributed by atoms with E-state index < -0.39 is 22.5 Å². The summed E-state index contributed by atoms with van der Waals surface area (Å²) in [4.78, 5) is 26.2. The van der Waals surface area contributed by atoms with Gasteiger partial charge in [0.2, 0.25) is 0 Å². The van der Waals surface area contributed by atoms with E-state index in [1.54, 1.807) is 11.0 Å². The van der Waals surface area contributed by atoms with Crippen molar-refractivity contribution in [2.45, 2.75) is 64.2 Å². The number of benzene rings is 2. The zero-order chi connectivity index (χ0) is 24.9. The quantitative estimate of drug-likeness (QED) is 0.384. The van der Waals surface area contributed by atoms with E-state index >= 15 is 0 Å². The predicted octanol–water partition coefficient (Wildman–Crippen LogP) is 6.98. The summed E-state index contributed by atoms with van der Waals surface area (Å²) in [6.45, 7) is 8.00. The number of carbonyl (C=O) groups excluding carboxylic acids is 1. The molecule has 1 heterocycles. The highest BCUT2D eigenvalue weighted by Crippen LogP contribution is 2.48. The van der Waals surface area contributed by atoms with Crippen molar-refractivity contribution < 1.29 is 24.2 Å². The summed E-state index contributed by atoms with van der Waals surface area (Å²) in [6.07, 6.45) is 2.17. The number of ether oxygens (including phenoxy) is 2. The first kappa shape index (κ1) is 26.2. The maximum atomic E-state index is 13.4. The van der Waals surface area contributed by atoms with E-state index in [0.717, 1.165) is 15.6 Å². The number of aliphatic carboxylic acids is 1. The Morgan fingerprint density at radius 2 is 1.88 bits per heavy atom. The van der Waals surface area contributed by atoms with Crippen LogP contribution in [0.4, 0.5) is 4.79 Å². The van der Waals surface area contributed by atoms with Crippen molar-refractivity contribution in [2.75, 3.05) is 0 Å². The molecule has 1 N–H and O–H groups in total. The second kappa shape index (κ2) is 10.9. The van der Waals surface area contributed by atoms with Crippen LogP contribution in [0, 0.1) is 0 Å². The van der Waals surface area contributed by atoms with E-state index in [-0.39, 0.29) is 11.4 Å². The molecule has 0 radical (unpaired) electrons. The van der Waals surface area contributed by atoms with Crippen LogP contribution in [0.2, 0.25) is 0 Å². The van der Waals surface area contributed by atoms with Crippen molar-refractivity contribution in [2.24, 2.45) is 0 Å². The van der Waals surface area contributed by atoms with Crippen molar-refractivity contribution in [1.82, 2.24) is 4.90 Å². The van der Waals surface area contributed by atoms with Crippen LogP contribution in [0.5, 0.6) is 5.75 Å². The minimum atomic E-state index is -0.987. The summed E-state index contributed by atoms with van der Waals surface area (Å²) >= 11 is 4.73. The Bertz CT molecular complexity index is 1070. The van der Waals surface area contributed by atoms with Gasteiger partial charge in [0.25, 0.3) is 0 Å². The maximum absolute atomic E-state index is 13.4. The Morgan fingerprint density at radius 3 is 2.47 bits per heavy atom. The summed E-state index contributed by atoms with van der Waals surface area (Å²) in [6, 6.07) is 15.5. The van der Waals surface area contributed by atoms with Crippen LogP contribution in [0.3, 0.4) is 0 Å². The molecule has 1 atom stereocenters. The molecule has 8 heteroatoms. The average Bonchev–Trinajstić information content (AvgIpc) is 3.22. The monoisotopic (exact) mass is 547 g/mol. The Labute approximate surface area is 213 Å². The molecule has 3 rings (SSSR count). The molecule has 0 saturated carbocycles. The highest BCUT2D eigenvalue weighted by molar-refractivity contribution is 9.10. The molecule has 1 aliphatic rings. The highest BCUT2D eigenvalue weighted by Gasteiger charge is 2.45. The fraction of sp³-hybridized carbons (Fsp3) is 0.385. The average molecular weight is 548 g/mol. The van der Waals surface area contributed by atoms with E-state index in [2.05, 4.69) is 15.9 Å². The molecule has 182 valence electrons. The van der Waals surface area contributed by atoms with Crippen LogP contribution in [-0.4, -0.2) is 32.5 Å². The van der Waals surface area contributed by atoms with Crippen molar-refractivity contribution in [1.29, 1.82) is 0 Å². The fourth-order valence-electron chi connectivity index (χ4n) is 3.65. The number of hydrogen-bond acceptors (Lipinski definition) is 5. The third-order valence-electron chi connectivity index (χ3n) is 5.36. The lowest BCUT2D eigenvalue weighted by molar-refractivity contribution is -0.131. The van der Waals surface area contributed by atoms with Crippen LogP contribution < -0.4 is 4.74 Å². The SMILES string of the molecule is CCC1(N(Cc2cc(Br)ccc2OCc2ccccc2)C(=O)OC(C)(C)C)CC=C(C(=O)O)S1. The number of amides is 1. The number of carbonyl (C=O) groups is 2. The minimum Gasteiger partial charge on any atom is -0.489 e. The first-order valence-electron chi connectivity index (χ1n) is 11.1. The molecule has 0 aliphatic carbocycles. The number of nitrogens with zero attached hydrogens (tertiary/aromatic N) is 1. The normalized spacial score (nSPS) is 17.7. The molecule has 0 bridgehead atoms. The number of carboxylic acid groups (broad SMARTS) is 1. The van der Waals surface area contributed by atoms with Gasteiger partial charge in [0, 0.05) is 16.5 Å². The van der Waals surface area contributed by atoms with Gasteiger partial charge in [-0.2, -0.15) is 0 Å². The van der Waals surface area contributed by atoms with Gasteiger partial charge in [-0.15, -0.1) is 0 Å². The van der Waals surface area contributed by atoms with Crippen LogP contribution in [-0.2, 0) is 22.7 Å². The largest absolute Gasteiger partial charge is 0.489 e. The molecule has 34 heavy (non-hydrogen) atoms. The van der Waals surface area contributed by atoms with Crippen molar-refractivity contribution >= 4 is 39.8 Å². The molecule has 2 aromatic carbocycles. The second-order valence-electron chi connectivity index (χ2n) is 9.07. The molecule has 1 unspecified atom stereocenters. The molecule has 0 spiro atoms. The Kier molecular flexibility index (Phi) is 8.36. The van der Waals surface area contributed by atoms with E-state index in [9.17, 15) is 14.7 Å². The summed E-state index contributed by atoms with van der Waals surface area (Å²) < 4.78 is 12.7. The Morgan fingerprint density at radius 1 is 1.18 bits per heavy atom. The molecular formula is C26H30BrNO5S. The second-order valence-corrected chi connectivity index (χ2v) is 11.4. The Hall–Kier alpha value is -2.45. The van der Waals surface area contributed by atoms with Crippen LogP contribution in [0.15, 0.2) is 64.0 Å². The zero-order valence-corrected chi connectivity index (χ0v) is 22.2. The van der Waals surface area contributed by atoms with Crippen molar-refractivity contribution in [3.63, 3.8) is 0 Å². The van der Waals surface area contributed by atoms with E-state index in [1.807, 2.05) is 76.2 Å². The zero-order valence-electron chi connectivity index (χ0n) is 19.8. The third kappa shape index (κ3) is 6.57. The lowest BCUT2D eigenvalue weighted by Gasteiger charge is -2.41. The number of hydrogen-bond donors (Lipinski definition) is 1. The smallest absolute Gasteiger partial charge is 0.411 e. The van der Waals surface area contributed by atoms with Gasteiger partial charge < -0.3 is 14.6 Å². The standard InChI is InChI=1S/C26H30BrNO5S/c1-5-26(14-13-22(34-26)23(29)30)28(24(31)33-25(2,3)4)16-19-15-20(27)11-12-21(19)32-17-18-9-7-6-8-10-18/h6-13,15H,5,14,16-17H2,1-4H3,(H,29,30). The number of carboxylic acids is 1.